The lowest BCUT2D eigenvalue weighted by Crippen LogP contribution is -2.28. The smallest absolute Gasteiger partial charge is 0.222 e. The highest BCUT2D eigenvalue weighted by Crippen LogP contribution is 2.40. The molecular weight excluding hydrogens is 351 g/mol. The molecule has 4 rings (SSSR count). The van der Waals surface area contributed by atoms with Crippen molar-refractivity contribution in [3.8, 4) is 0 Å². The van der Waals surface area contributed by atoms with Gasteiger partial charge in [0, 0.05) is 10.6 Å². The summed E-state index contributed by atoms with van der Waals surface area (Å²) in [5.74, 6) is 0.787. The van der Waals surface area contributed by atoms with Crippen LogP contribution in [0.1, 0.15) is 55.0 Å². The first kappa shape index (κ1) is 17.0. The van der Waals surface area contributed by atoms with E-state index in [9.17, 15) is 4.39 Å². The van der Waals surface area contributed by atoms with Gasteiger partial charge in [0.2, 0.25) is 5.95 Å². The van der Waals surface area contributed by atoms with Crippen LogP contribution in [-0.2, 0) is 0 Å². The van der Waals surface area contributed by atoms with Gasteiger partial charge in [0.1, 0.15) is 12.1 Å². The highest BCUT2D eigenvalue weighted by atomic mass is 35.5. The fourth-order valence-corrected chi connectivity index (χ4v) is 3.81. The molecule has 2 heterocycles. The van der Waals surface area contributed by atoms with Gasteiger partial charge in [-0.05, 0) is 35.6 Å². The van der Waals surface area contributed by atoms with E-state index in [-0.39, 0.29) is 17.9 Å². The largest absolute Gasteiger partial charge is 0.348 e. The summed E-state index contributed by atoms with van der Waals surface area (Å²) in [6.45, 7) is 4.35. The van der Waals surface area contributed by atoms with Gasteiger partial charge < -0.3 is 5.32 Å². The summed E-state index contributed by atoms with van der Waals surface area (Å²) in [5, 5.41) is 8.09. The zero-order valence-electron chi connectivity index (χ0n) is 14.7. The van der Waals surface area contributed by atoms with Crippen molar-refractivity contribution in [3.05, 3.63) is 76.3 Å². The third kappa shape index (κ3) is 2.97. The maximum atomic E-state index is 14.5. The SMILES string of the molecule is CC(C)c1ccc([C@H]2C[C@@H](c3c(F)cccc3Cl)n3ncnc3N2)cc1. The minimum atomic E-state index is -0.320. The van der Waals surface area contributed by atoms with Crippen LogP contribution in [0.15, 0.2) is 48.8 Å². The zero-order valence-corrected chi connectivity index (χ0v) is 15.4. The van der Waals surface area contributed by atoms with Crippen molar-refractivity contribution in [2.75, 3.05) is 5.32 Å². The Morgan fingerprint density at radius 2 is 1.96 bits per heavy atom. The van der Waals surface area contributed by atoms with Gasteiger partial charge in [-0.25, -0.2) is 9.07 Å². The van der Waals surface area contributed by atoms with Crippen LogP contribution in [0.5, 0.6) is 0 Å². The molecule has 134 valence electrons. The van der Waals surface area contributed by atoms with Gasteiger partial charge in [-0.15, -0.1) is 0 Å². The first-order valence-corrected chi connectivity index (χ1v) is 9.12. The van der Waals surface area contributed by atoms with Crippen LogP contribution in [0.25, 0.3) is 0 Å². The van der Waals surface area contributed by atoms with Crippen molar-refractivity contribution in [3.63, 3.8) is 0 Å². The number of halogens is 2. The summed E-state index contributed by atoms with van der Waals surface area (Å²) >= 11 is 6.32. The number of hydrogen-bond acceptors (Lipinski definition) is 3. The minimum absolute atomic E-state index is 0.00795. The molecule has 0 saturated carbocycles. The maximum absolute atomic E-state index is 14.5. The van der Waals surface area contributed by atoms with Gasteiger partial charge in [0.15, 0.2) is 0 Å². The second kappa shape index (κ2) is 6.72. The lowest BCUT2D eigenvalue weighted by Gasteiger charge is -2.32. The van der Waals surface area contributed by atoms with E-state index in [4.69, 9.17) is 11.6 Å². The number of nitrogens with one attached hydrogen (secondary N) is 1. The van der Waals surface area contributed by atoms with Gasteiger partial charge in [0.05, 0.1) is 12.1 Å². The first-order valence-electron chi connectivity index (χ1n) is 8.74. The van der Waals surface area contributed by atoms with E-state index < -0.39 is 0 Å². The topological polar surface area (TPSA) is 42.7 Å². The van der Waals surface area contributed by atoms with Crippen molar-refractivity contribution in [2.45, 2.75) is 38.3 Å². The lowest BCUT2D eigenvalue weighted by molar-refractivity contribution is 0.416. The molecule has 1 aliphatic rings. The number of nitrogens with zero attached hydrogens (tertiary/aromatic N) is 3. The van der Waals surface area contributed by atoms with Gasteiger partial charge in [0.25, 0.3) is 0 Å². The molecular formula is C20H20ClFN4. The molecule has 4 nitrogen and oxygen atoms in total. The van der Waals surface area contributed by atoms with Crippen LogP contribution < -0.4 is 5.32 Å². The van der Waals surface area contributed by atoms with E-state index in [1.54, 1.807) is 16.8 Å². The van der Waals surface area contributed by atoms with E-state index in [1.807, 2.05) is 0 Å². The monoisotopic (exact) mass is 370 g/mol. The summed E-state index contributed by atoms with van der Waals surface area (Å²) in [6, 6.07) is 13.0. The van der Waals surface area contributed by atoms with Crippen LogP contribution in [-0.4, -0.2) is 14.8 Å². The first-order chi connectivity index (χ1) is 12.5. The van der Waals surface area contributed by atoms with Crippen molar-refractivity contribution in [1.29, 1.82) is 0 Å². The van der Waals surface area contributed by atoms with Crippen LogP contribution in [0, 0.1) is 5.82 Å². The second-order valence-corrected chi connectivity index (χ2v) is 7.34. The molecule has 1 aliphatic heterocycles. The van der Waals surface area contributed by atoms with Crippen LogP contribution >= 0.6 is 11.6 Å². The average Bonchev–Trinajstić information content (AvgIpc) is 3.10. The Kier molecular flexibility index (Phi) is 4.41. The molecule has 0 aliphatic carbocycles. The molecule has 0 fully saturated rings. The van der Waals surface area contributed by atoms with Crippen molar-refractivity contribution >= 4 is 17.5 Å². The van der Waals surface area contributed by atoms with Gasteiger partial charge in [-0.1, -0.05) is 55.8 Å². The van der Waals surface area contributed by atoms with Crippen molar-refractivity contribution < 1.29 is 4.39 Å². The Hall–Kier alpha value is -2.40. The predicted octanol–water partition coefficient (Wildman–Crippen LogP) is 5.34. The molecule has 26 heavy (non-hydrogen) atoms. The molecule has 2 aromatic carbocycles. The summed E-state index contributed by atoms with van der Waals surface area (Å²) in [5.41, 5.74) is 2.90. The zero-order chi connectivity index (χ0) is 18.3. The molecule has 1 aromatic heterocycles. The third-order valence-corrected chi connectivity index (χ3v) is 5.30. The number of hydrogen-bond donors (Lipinski definition) is 1. The summed E-state index contributed by atoms with van der Waals surface area (Å²) in [7, 11) is 0. The number of rotatable bonds is 3. The molecule has 0 bridgehead atoms. The quantitative estimate of drug-likeness (QED) is 0.676. The van der Waals surface area contributed by atoms with Crippen molar-refractivity contribution in [1.82, 2.24) is 14.8 Å². The molecule has 0 radical (unpaired) electrons. The maximum Gasteiger partial charge on any atom is 0.222 e. The van der Waals surface area contributed by atoms with E-state index in [0.717, 1.165) is 5.56 Å². The van der Waals surface area contributed by atoms with Crippen LogP contribution in [0.3, 0.4) is 0 Å². The normalized spacial score (nSPS) is 19.3. The standard InChI is InChI=1S/C20H20ClFN4/c1-12(2)13-6-8-14(9-7-13)17-10-18(26-20(25-17)23-11-24-26)19-15(21)4-3-5-16(19)22/h3-9,11-12,17-18H,10H2,1-2H3,(H,23,24,25)/t17-,18+/m1/s1. The fraction of sp³-hybridized carbons (Fsp3) is 0.300. The number of aromatic nitrogens is 3. The summed E-state index contributed by atoms with van der Waals surface area (Å²) in [6.07, 6.45) is 2.12. The Morgan fingerprint density at radius 3 is 2.65 bits per heavy atom. The molecule has 3 aromatic rings. The van der Waals surface area contributed by atoms with Gasteiger partial charge >= 0.3 is 0 Å². The summed E-state index contributed by atoms with van der Waals surface area (Å²) in [4.78, 5) is 4.29. The van der Waals surface area contributed by atoms with E-state index in [0.29, 0.717) is 28.9 Å². The van der Waals surface area contributed by atoms with E-state index in [1.165, 1.54) is 18.0 Å². The second-order valence-electron chi connectivity index (χ2n) is 6.93. The van der Waals surface area contributed by atoms with E-state index in [2.05, 4.69) is 53.5 Å². The number of benzene rings is 2. The third-order valence-electron chi connectivity index (χ3n) is 4.97. The highest BCUT2D eigenvalue weighted by Gasteiger charge is 2.32. The van der Waals surface area contributed by atoms with Crippen LogP contribution in [0.2, 0.25) is 5.02 Å². The van der Waals surface area contributed by atoms with Gasteiger partial charge in [-0.2, -0.15) is 10.1 Å². The Labute approximate surface area is 157 Å². The number of anilines is 1. The average molecular weight is 371 g/mol. The minimum Gasteiger partial charge on any atom is -0.348 e. The number of fused-ring (bicyclic) bond motifs is 1. The Balaban J connectivity index is 1.73. The van der Waals surface area contributed by atoms with Crippen LogP contribution in [0.4, 0.5) is 10.3 Å². The lowest BCUT2D eigenvalue weighted by atomic mass is 9.91. The molecule has 0 spiro atoms. The molecule has 6 heteroatoms. The fourth-order valence-electron chi connectivity index (χ4n) is 3.52. The highest BCUT2D eigenvalue weighted by molar-refractivity contribution is 6.31. The predicted molar refractivity (Wildman–Crippen MR) is 101 cm³/mol. The molecule has 0 saturated heterocycles. The molecule has 2 atom stereocenters. The van der Waals surface area contributed by atoms with E-state index >= 15 is 0 Å². The summed E-state index contributed by atoms with van der Waals surface area (Å²) < 4.78 is 16.3. The molecule has 0 unspecified atom stereocenters. The van der Waals surface area contributed by atoms with Crippen molar-refractivity contribution in [2.24, 2.45) is 0 Å². The molecule has 0 amide bonds. The Bertz CT molecular complexity index is 900. The molecule has 1 N–H and O–H groups in total. The Morgan fingerprint density at radius 1 is 1.19 bits per heavy atom. The van der Waals surface area contributed by atoms with Gasteiger partial charge in [-0.3, -0.25) is 0 Å².